The van der Waals surface area contributed by atoms with Crippen molar-refractivity contribution in [1.29, 1.82) is 0 Å². The molecule has 4 nitrogen and oxygen atoms in total. The van der Waals surface area contributed by atoms with Crippen LogP contribution in [0, 0.1) is 16.0 Å². The number of nitro groups is 1. The van der Waals surface area contributed by atoms with Gasteiger partial charge in [0.15, 0.2) is 0 Å². The zero-order valence-corrected chi connectivity index (χ0v) is 8.27. The van der Waals surface area contributed by atoms with Crippen molar-refractivity contribution in [3.63, 3.8) is 0 Å². The predicted octanol–water partition coefficient (Wildman–Crippen LogP) is 2.51. The van der Waals surface area contributed by atoms with Crippen LogP contribution in [-0.4, -0.2) is 11.5 Å². The minimum absolute atomic E-state index is 0.211. The van der Waals surface area contributed by atoms with Crippen LogP contribution < -0.4 is 5.32 Å². The van der Waals surface area contributed by atoms with Crippen molar-refractivity contribution in [3.8, 4) is 0 Å². The van der Waals surface area contributed by atoms with Gasteiger partial charge in [-0.1, -0.05) is 0 Å². The second-order valence-corrected chi connectivity index (χ2v) is 4.35. The van der Waals surface area contributed by atoms with Crippen LogP contribution in [0.15, 0.2) is 18.2 Å². The number of non-ortho nitro benzene ring substituents is 1. The van der Waals surface area contributed by atoms with Crippen molar-refractivity contribution in [3.05, 3.63) is 33.9 Å². The molecular formula is C11H12N2O2. The number of benzene rings is 1. The van der Waals surface area contributed by atoms with Crippen molar-refractivity contribution in [2.45, 2.75) is 18.8 Å². The SMILES string of the molecule is O=[N+]([O-])c1ccc2c(c1)C(C1CC1)CN2. The van der Waals surface area contributed by atoms with E-state index >= 15 is 0 Å². The lowest BCUT2D eigenvalue weighted by Crippen LogP contribution is -2.03. The fraction of sp³-hybridized carbons (Fsp3) is 0.455. The van der Waals surface area contributed by atoms with E-state index in [0.717, 1.165) is 23.7 Å². The summed E-state index contributed by atoms with van der Waals surface area (Å²) in [5.74, 6) is 1.25. The zero-order chi connectivity index (χ0) is 10.4. The van der Waals surface area contributed by atoms with Crippen LogP contribution in [-0.2, 0) is 0 Å². The Morgan fingerprint density at radius 1 is 1.40 bits per heavy atom. The third kappa shape index (κ3) is 1.37. The van der Waals surface area contributed by atoms with Gasteiger partial charge in [-0.15, -0.1) is 0 Å². The summed E-state index contributed by atoms with van der Waals surface area (Å²) in [5, 5.41) is 14.0. The van der Waals surface area contributed by atoms with Gasteiger partial charge in [0.25, 0.3) is 5.69 Å². The molecule has 1 aliphatic carbocycles. The van der Waals surface area contributed by atoms with Crippen molar-refractivity contribution in [1.82, 2.24) is 0 Å². The van der Waals surface area contributed by atoms with E-state index < -0.39 is 0 Å². The monoisotopic (exact) mass is 204 g/mol. The summed E-state index contributed by atoms with van der Waals surface area (Å²) in [5.41, 5.74) is 2.44. The zero-order valence-electron chi connectivity index (χ0n) is 8.27. The highest BCUT2D eigenvalue weighted by Crippen LogP contribution is 2.48. The Hall–Kier alpha value is -1.58. The highest BCUT2D eigenvalue weighted by atomic mass is 16.6. The highest BCUT2D eigenvalue weighted by Gasteiger charge is 2.37. The smallest absolute Gasteiger partial charge is 0.269 e. The molecule has 2 aliphatic rings. The van der Waals surface area contributed by atoms with Gasteiger partial charge in [0.2, 0.25) is 0 Å². The Kier molecular flexibility index (Phi) is 1.71. The largest absolute Gasteiger partial charge is 0.384 e. The van der Waals surface area contributed by atoms with E-state index in [1.54, 1.807) is 12.1 Å². The van der Waals surface area contributed by atoms with Crippen LogP contribution in [0.3, 0.4) is 0 Å². The van der Waals surface area contributed by atoms with E-state index in [2.05, 4.69) is 5.32 Å². The van der Waals surface area contributed by atoms with E-state index in [4.69, 9.17) is 0 Å². The van der Waals surface area contributed by atoms with Gasteiger partial charge in [-0.3, -0.25) is 10.1 Å². The molecule has 0 radical (unpaired) electrons. The molecule has 1 fully saturated rings. The number of hydrogen-bond acceptors (Lipinski definition) is 3. The van der Waals surface area contributed by atoms with Gasteiger partial charge >= 0.3 is 0 Å². The predicted molar refractivity (Wildman–Crippen MR) is 57.1 cm³/mol. The minimum atomic E-state index is -0.317. The molecule has 1 unspecified atom stereocenters. The van der Waals surface area contributed by atoms with Crippen LogP contribution in [0.2, 0.25) is 0 Å². The maximum atomic E-state index is 10.7. The number of anilines is 1. The third-order valence-corrected chi connectivity index (χ3v) is 3.35. The van der Waals surface area contributed by atoms with E-state index in [1.165, 1.54) is 12.8 Å². The molecule has 1 aromatic carbocycles. The second-order valence-electron chi connectivity index (χ2n) is 4.35. The first-order chi connectivity index (χ1) is 7.25. The molecule has 1 aliphatic heterocycles. The summed E-state index contributed by atoms with van der Waals surface area (Å²) in [4.78, 5) is 10.4. The summed E-state index contributed by atoms with van der Waals surface area (Å²) < 4.78 is 0. The van der Waals surface area contributed by atoms with Gasteiger partial charge in [-0.05, 0) is 30.4 Å². The van der Waals surface area contributed by atoms with Gasteiger partial charge in [0.05, 0.1) is 4.92 Å². The van der Waals surface area contributed by atoms with Gasteiger partial charge in [-0.25, -0.2) is 0 Å². The van der Waals surface area contributed by atoms with E-state index in [-0.39, 0.29) is 10.6 Å². The summed E-state index contributed by atoms with van der Waals surface area (Å²) in [6, 6.07) is 5.13. The fourth-order valence-corrected chi connectivity index (χ4v) is 2.38. The average molecular weight is 204 g/mol. The lowest BCUT2D eigenvalue weighted by Gasteiger charge is -2.06. The molecular weight excluding hydrogens is 192 g/mol. The Morgan fingerprint density at radius 2 is 2.20 bits per heavy atom. The summed E-state index contributed by atoms with van der Waals surface area (Å²) in [7, 11) is 0. The van der Waals surface area contributed by atoms with Gasteiger partial charge in [0.1, 0.15) is 0 Å². The van der Waals surface area contributed by atoms with Gasteiger partial charge in [0, 0.05) is 30.3 Å². The molecule has 4 heteroatoms. The van der Waals surface area contributed by atoms with Crippen molar-refractivity contribution >= 4 is 11.4 Å². The molecule has 0 bridgehead atoms. The number of hydrogen-bond donors (Lipinski definition) is 1. The van der Waals surface area contributed by atoms with E-state index in [9.17, 15) is 10.1 Å². The Balaban J connectivity index is 2.01. The van der Waals surface area contributed by atoms with Crippen molar-refractivity contribution < 1.29 is 4.92 Å². The second kappa shape index (κ2) is 2.95. The van der Waals surface area contributed by atoms with Crippen LogP contribution in [0.25, 0.3) is 0 Å². The molecule has 78 valence electrons. The fourth-order valence-electron chi connectivity index (χ4n) is 2.38. The molecule has 0 spiro atoms. The molecule has 1 heterocycles. The molecule has 3 rings (SSSR count). The van der Waals surface area contributed by atoms with E-state index in [0.29, 0.717) is 5.92 Å². The topological polar surface area (TPSA) is 55.2 Å². The third-order valence-electron chi connectivity index (χ3n) is 3.35. The molecule has 0 aromatic heterocycles. The quantitative estimate of drug-likeness (QED) is 0.594. The Morgan fingerprint density at radius 3 is 2.87 bits per heavy atom. The molecule has 1 aromatic rings. The summed E-state index contributed by atoms with van der Waals surface area (Å²) in [6.07, 6.45) is 2.54. The number of nitrogens with zero attached hydrogens (tertiary/aromatic N) is 1. The molecule has 15 heavy (non-hydrogen) atoms. The molecule has 1 saturated carbocycles. The minimum Gasteiger partial charge on any atom is -0.384 e. The molecule has 0 amide bonds. The van der Waals surface area contributed by atoms with Crippen molar-refractivity contribution in [2.24, 2.45) is 5.92 Å². The van der Waals surface area contributed by atoms with Crippen LogP contribution in [0.4, 0.5) is 11.4 Å². The summed E-state index contributed by atoms with van der Waals surface area (Å²) >= 11 is 0. The maximum absolute atomic E-state index is 10.7. The Labute approximate surface area is 87.4 Å². The first-order valence-electron chi connectivity index (χ1n) is 5.28. The van der Waals surface area contributed by atoms with Crippen LogP contribution in [0.1, 0.15) is 24.3 Å². The van der Waals surface area contributed by atoms with Crippen LogP contribution >= 0.6 is 0 Å². The number of fused-ring (bicyclic) bond motifs is 1. The summed E-state index contributed by atoms with van der Waals surface area (Å²) in [6.45, 7) is 0.946. The maximum Gasteiger partial charge on any atom is 0.269 e. The number of nitro benzene ring substituents is 1. The van der Waals surface area contributed by atoms with E-state index in [1.807, 2.05) is 6.07 Å². The standard InChI is InChI=1S/C11H12N2O2/c14-13(15)8-3-4-11-9(5-8)10(6-12-11)7-1-2-7/h3-5,7,10,12H,1-2,6H2. The number of rotatable bonds is 2. The first kappa shape index (κ1) is 8.71. The number of nitrogens with one attached hydrogen (secondary N) is 1. The average Bonchev–Trinajstić information content (AvgIpc) is 2.98. The van der Waals surface area contributed by atoms with Gasteiger partial charge in [-0.2, -0.15) is 0 Å². The lowest BCUT2D eigenvalue weighted by atomic mass is 9.96. The lowest BCUT2D eigenvalue weighted by molar-refractivity contribution is -0.384. The van der Waals surface area contributed by atoms with Gasteiger partial charge < -0.3 is 5.32 Å². The molecule has 1 atom stereocenters. The highest BCUT2D eigenvalue weighted by molar-refractivity contribution is 5.61. The van der Waals surface area contributed by atoms with Crippen molar-refractivity contribution in [2.75, 3.05) is 11.9 Å². The molecule has 0 saturated heterocycles. The van der Waals surface area contributed by atoms with Crippen LogP contribution in [0.5, 0.6) is 0 Å². The molecule has 1 N–H and O–H groups in total. The normalized spacial score (nSPS) is 23.3. The first-order valence-corrected chi connectivity index (χ1v) is 5.28. The Bertz CT molecular complexity index is 427.